The molecule has 2 aromatic carbocycles. The quantitative estimate of drug-likeness (QED) is 0.446. The molecule has 0 amide bonds. The molecular weight excluding hydrogens is 380 g/mol. The lowest BCUT2D eigenvalue weighted by Crippen LogP contribution is -2.49. The standard InChI is InChI=1S/C21H20O6S/c1-14-18(28(24,25)16-10-5-4-6-11-16)17-12-8-7-9-15(17)13-21(14,19(22)26-2)20(23)27-3/h4-12,18H,1,13H2,2-3H3. The van der Waals surface area contributed by atoms with E-state index in [1.165, 1.54) is 12.1 Å². The number of benzene rings is 2. The summed E-state index contributed by atoms with van der Waals surface area (Å²) in [5.41, 5.74) is -0.978. The van der Waals surface area contributed by atoms with Gasteiger partial charge in [-0.05, 0) is 28.8 Å². The van der Waals surface area contributed by atoms with Gasteiger partial charge in [-0.15, -0.1) is 0 Å². The van der Waals surface area contributed by atoms with Crippen LogP contribution < -0.4 is 0 Å². The van der Waals surface area contributed by atoms with E-state index in [2.05, 4.69) is 6.58 Å². The van der Waals surface area contributed by atoms with Crippen LogP contribution in [0, 0.1) is 5.41 Å². The molecule has 1 atom stereocenters. The van der Waals surface area contributed by atoms with E-state index in [1.807, 2.05) is 0 Å². The highest BCUT2D eigenvalue weighted by Gasteiger charge is 2.58. The van der Waals surface area contributed by atoms with E-state index < -0.39 is 32.4 Å². The lowest BCUT2D eigenvalue weighted by molar-refractivity contribution is -0.166. The van der Waals surface area contributed by atoms with Crippen molar-refractivity contribution < 1.29 is 27.5 Å². The second-order valence-corrected chi connectivity index (χ2v) is 8.56. The lowest BCUT2D eigenvalue weighted by Gasteiger charge is -2.39. The predicted octanol–water partition coefficient (Wildman–Crippen LogP) is 2.65. The average Bonchev–Trinajstić information content (AvgIpc) is 2.72. The van der Waals surface area contributed by atoms with Crippen molar-refractivity contribution in [3.05, 3.63) is 77.9 Å². The maximum absolute atomic E-state index is 13.5. The number of methoxy groups -OCH3 is 2. The fraction of sp³-hybridized carbons (Fsp3) is 0.238. The molecule has 6 nitrogen and oxygen atoms in total. The minimum Gasteiger partial charge on any atom is -0.468 e. The Kier molecular flexibility index (Phi) is 5.12. The van der Waals surface area contributed by atoms with Crippen LogP contribution in [-0.4, -0.2) is 34.6 Å². The zero-order chi connectivity index (χ0) is 20.5. The lowest BCUT2D eigenvalue weighted by atomic mass is 9.68. The molecule has 1 unspecified atom stereocenters. The SMILES string of the molecule is C=C1C(S(=O)(=O)c2ccccc2)c2ccccc2CC1(C(=O)OC)C(=O)OC. The van der Waals surface area contributed by atoms with Crippen molar-refractivity contribution in [1.82, 2.24) is 0 Å². The first kappa shape index (κ1) is 19.8. The first-order valence-electron chi connectivity index (χ1n) is 8.53. The summed E-state index contributed by atoms with van der Waals surface area (Å²) in [5.74, 6) is -1.79. The highest BCUT2D eigenvalue weighted by Crippen LogP contribution is 2.51. The molecule has 0 aliphatic heterocycles. The Hall–Kier alpha value is -2.93. The first-order valence-corrected chi connectivity index (χ1v) is 10.1. The third-order valence-corrected chi connectivity index (χ3v) is 7.20. The number of carbonyl (C=O) groups excluding carboxylic acids is 2. The Bertz CT molecular complexity index is 1020. The molecule has 28 heavy (non-hydrogen) atoms. The van der Waals surface area contributed by atoms with Gasteiger partial charge in [0.05, 0.1) is 19.1 Å². The molecule has 1 aliphatic carbocycles. The Morgan fingerprint density at radius 2 is 1.50 bits per heavy atom. The third-order valence-electron chi connectivity index (χ3n) is 5.11. The predicted molar refractivity (Wildman–Crippen MR) is 102 cm³/mol. The number of rotatable bonds is 4. The summed E-state index contributed by atoms with van der Waals surface area (Å²) in [4.78, 5) is 25.6. The molecule has 0 spiro atoms. The second-order valence-electron chi connectivity index (χ2n) is 6.53. The maximum Gasteiger partial charge on any atom is 0.327 e. The van der Waals surface area contributed by atoms with Gasteiger partial charge >= 0.3 is 11.9 Å². The number of carbonyl (C=O) groups is 2. The molecule has 0 saturated heterocycles. The van der Waals surface area contributed by atoms with Crippen molar-refractivity contribution in [1.29, 1.82) is 0 Å². The maximum atomic E-state index is 13.5. The smallest absolute Gasteiger partial charge is 0.327 e. The summed E-state index contributed by atoms with van der Waals surface area (Å²) >= 11 is 0. The van der Waals surface area contributed by atoms with Gasteiger partial charge in [0.1, 0.15) is 5.25 Å². The van der Waals surface area contributed by atoms with Crippen LogP contribution in [0.3, 0.4) is 0 Å². The number of fused-ring (bicyclic) bond motifs is 1. The zero-order valence-electron chi connectivity index (χ0n) is 15.5. The monoisotopic (exact) mass is 400 g/mol. The van der Waals surface area contributed by atoms with Crippen LogP contribution in [0.15, 0.2) is 71.6 Å². The van der Waals surface area contributed by atoms with Crippen LogP contribution >= 0.6 is 0 Å². The van der Waals surface area contributed by atoms with Gasteiger partial charge in [0.25, 0.3) is 0 Å². The van der Waals surface area contributed by atoms with Crippen molar-refractivity contribution in [2.45, 2.75) is 16.6 Å². The van der Waals surface area contributed by atoms with E-state index in [-0.39, 0.29) is 16.9 Å². The van der Waals surface area contributed by atoms with Crippen LogP contribution in [0.4, 0.5) is 0 Å². The Morgan fingerprint density at radius 1 is 0.964 bits per heavy atom. The highest BCUT2D eigenvalue weighted by molar-refractivity contribution is 7.92. The Labute approximate surface area is 163 Å². The van der Waals surface area contributed by atoms with E-state index >= 15 is 0 Å². The highest BCUT2D eigenvalue weighted by atomic mass is 32.2. The largest absolute Gasteiger partial charge is 0.468 e. The number of ether oxygens (including phenoxy) is 2. The summed E-state index contributed by atoms with van der Waals surface area (Å²) in [6.45, 7) is 3.90. The molecule has 0 radical (unpaired) electrons. The molecule has 0 aromatic heterocycles. The minimum absolute atomic E-state index is 0.0708. The molecule has 7 heteroatoms. The van der Waals surface area contributed by atoms with Gasteiger partial charge in [0.2, 0.25) is 0 Å². The van der Waals surface area contributed by atoms with Gasteiger partial charge in [0.15, 0.2) is 15.3 Å². The van der Waals surface area contributed by atoms with Gasteiger partial charge in [-0.25, -0.2) is 8.42 Å². The summed E-state index contributed by atoms with van der Waals surface area (Å²) < 4.78 is 36.8. The first-order chi connectivity index (χ1) is 13.3. The van der Waals surface area contributed by atoms with E-state index in [1.54, 1.807) is 42.5 Å². The van der Waals surface area contributed by atoms with Gasteiger partial charge in [0, 0.05) is 6.42 Å². The number of hydrogen-bond acceptors (Lipinski definition) is 6. The van der Waals surface area contributed by atoms with E-state index in [0.717, 1.165) is 14.2 Å². The van der Waals surface area contributed by atoms with Crippen molar-refractivity contribution in [2.75, 3.05) is 14.2 Å². The van der Waals surface area contributed by atoms with Gasteiger partial charge in [-0.1, -0.05) is 49.0 Å². The molecule has 1 aliphatic rings. The molecule has 3 rings (SSSR count). The fourth-order valence-corrected chi connectivity index (χ4v) is 5.65. The van der Waals surface area contributed by atoms with Gasteiger partial charge in [-0.2, -0.15) is 0 Å². The summed E-state index contributed by atoms with van der Waals surface area (Å²) in [5, 5.41) is -1.29. The van der Waals surface area contributed by atoms with E-state index in [9.17, 15) is 18.0 Å². The molecule has 0 saturated carbocycles. The Balaban J connectivity index is 2.32. The topological polar surface area (TPSA) is 86.7 Å². The van der Waals surface area contributed by atoms with Crippen LogP contribution in [0.25, 0.3) is 0 Å². The fourth-order valence-electron chi connectivity index (χ4n) is 3.70. The zero-order valence-corrected chi connectivity index (χ0v) is 16.4. The van der Waals surface area contributed by atoms with Crippen molar-refractivity contribution in [3.8, 4) is 0 Å². The van der Waals surface area contributed by atoms with Crippen molar-refractivity contribution in [2.24, 2.45) is 5.41 Å². The van der Waals surface area contributed by atoms with Crippen LogP contribution in [0.2, 0.25) is 0 Å². The molecule has 0 heterocycles. The normalized spacial score (nSPS) is 18.1. The van der Waals surface area contributed by atoms with E-state index in [0.29, 0.717) is 11.1 Å². The molecular formula is C21H20O6S. The number of sulfone groups is 1. The van der Waals surface area contributed by atoms with Crippen LogP contribution in [-0.2, 0) is 35.3 Å². The number of hydrogen-bond donors (Lipinski definition) is 0. The molecule has 2 aromatic rings. The summed E-state index contributed by atoms with van der Waals surface area (Å²) in [7, 11) is -1.71. The Morgan fingerprint density at radius 3 is 2.07 bits per heavy atom. The second kappa shape index (κ2) is 7.24. The minimum atomic E-state index is -3.99. The van der Waals surface area contributed by atoms with E-state index in [4.69, 9.17) is 9.47 Å². The van der Waals surface area contributed by atoms with Crippen LogP contribution in [0.1, 0.15) is 16.4 Å². The summed E-state index contributed by atoms with van der Waals surface area (Å²) in [6.07, 6.45) is -0.0812. The third kappa shape index (κ3) is 2.82. The molecule has 0 bridgehead atoms. The number of esters is 2. The molecule has 146 valence electrons. The summed E-state index contributed by atoms with van der Waals surface area (Å²) in [6, 6.07) is 14.7. The molecule has 0 fully saturated rings. The average molecular weight is 400 g/mol. The molecule has 0 N–H and O–H groups in total. The van der Waals surface area contributed by atoms with Crippen molar-refractivity contribution >= 4 is 21.8 Å². The van der Waals surface area contributed by atoms with Gasteiger partial charge in [-0.3, -0.25) is 9.59 Å². The van der Waals surface area contributed by atoms with Crippen molar-refractivity contribution in [3.63, 3.8) is 0 Å². The van der Waals surface area contributed by atoms with Gasteiger partial charge < -0.3 is 9.47 Å². The van der Waals surface area contributed by atoms with Crippen LogP contribution in [0.5, 0.6) is 0 Å².